The molecular formula is C17H15ClF4N6O. The highest BCUT2D eigenvalue weighted by Crippen LogP contribution is 2.25. The molecule has 0 unspecified atom stereocenters. The molecule has 0 fully saturated rings. The van der Waals surface area contributed by atoms with E-state index in [-0.39, 0.29) is 46.7 Å². The zero-order chi connectivity index (χ0) is 21.2. The Morgan fingerprint density at radius 2 is 2.07 bits per heavy atom. The van der Waals surface area contributed by atoms with Crippen LogP contribution in [0.1, 0.15) is 18.4 Å². The van der Waals surface area contributed by atoms with Crippen LogP contribution in [-0.4, -0.2) is 38.7 Å². The number of anilines is 2. The summed E-state index contributed by atoms with van der Waals surface area (Å²) in [6.07, 6.45) is -3.92. The van der Waals surface area contributed by atoms with Gasteiger partial charge in [0, 0.05) is 24.7 Å². The highest BCUT2D eigenvalue weighted by atomic mass is 35.5. The summed E-state index contributed by atoms with van der Waals surface area (Å²) in [6, 6.07) is 4.90. The Morgan fingerprint density at radius 3 is 2.76 bits per heavy atom. The molecule has 1 aromatic carbocycles. The lowest BCUT2D eigenvalue weighted by Crippen LogP contribution is -2.27. The first-order valence-corrected chi connectivity index (χ1v) is 8.72. The number of fused-ring (bicyclic) bond motifs is 1. The number of H-pyrrole nitrogens is 1. The van der Waals surface area contributed by atoms with E-state index in [2.05, 4.69) is 20.3 Å². The zero-order valence-corrected chi connectivity index (χ0v) is 15.4. The smallest absolute Gasteiger partial charge is 0.356 e. The summed E-state index contributed by atoms with van der Waals surface area (Å²) in [5.41, 5.74) is 0.782. The number of amidine groups is 1. The summed E-state index contributed by atoms with van der Waals surface area (Å²) in [6.45, 7) is 0.0340. The van der Waals surface area contributed by atoms with Gasteiger partial charge in [-0.25, -0.2) is 14.4 Å². The Balaban J connectivity index is 1.79. The number of alkyl halides is 3. The number of hydroxylamine groups is 1. The number of rotatable bonds is 6. The van der Waals surface area contributed by atoms with Crippen molar-refractivity contribution >= 4 is 40.2 Å². The average Bonchev–Trinajstić information content (AvgIpc) is 3.08. The summed E-state index contributed by atoms with van der Waals surface area (Å²) in [7, 11) is 0. The van der Waals surface area contributed by atoms with Crippen LogP contribution in [0.2, 0.25) is 5.02 Å². The fourth-order valence-electron chi connectivity index (χ4n) is 2.55. The van der Waals surface area contributed by atoms with Crippen LogP contribution in [-0.2, 0) is 0 Å². The van der Waals surface area contributed by atoms with Crippen LogP contribution in [0.15, 0.2) is 30.5 Å². The highest BCUT2D eigenvalue weighted by Gasteiger charge is 2.26. The number of pyridine rings is 1. The predicted molar refractivity (Wildman–Crippen MR) is 100 cm³/mol. The number of benzene rings is 1. The van der Waals surface area contributed by atoms with E-state index in [0.29, 0.717) is 10.6 Å². The molecule has 0 saturated carbocycles. The topological polar surface area (TPSA) is 101 Å². The third-order valence-corrected chi connectivity index (χ3v) is 4.23. The van der Waals surface area contributed by atoms with E-state index in [9.17, 15) is 22.8 Å². The van der Waals surface area contributed by atoms with Gasteiger partial charge in [0.1, 0.15) is 5.82 Å². The van der Waals surface area contributed by atoms with Crippen molar-refractivity contribution in [3.63, 3.8) is 0 Å². The minimum Gasteiger partial charge on any atom is -0.356 e. The van der Waals surface area contributed by atoms with E-state index in [0.717, 1.165) is 12.1 Å². The summed E-state index contributed by atoms with van der Waals surface area (Å²) >= 11 is 5.71. The molecule has 7 nitrogen and oxygen atoms in total. The monoisotopic (exact) mass is 430 g/mol. The number of aromatic nitrogens is 3. The molecule has 3 rings (SSSR count). The van der Waals surface area contributed by atoms with E-state index >= 15 is 0 Å². The number of nitrogens with one attached hydrogen (secondary N) is 3. The highest BCUT2D eigenvalue weighted by molar-refractivity contribution is 6.31. The fourth-order valence-corrected chi connectivity index (χ4v) is 2.72. The van der Waals surface area contributed by atoms with Gasteiger partial charge in [0.25, 0.3) is 0 Å². The van der Waals surface area contributed by atoms with Crippen molar-refractivity contribution in [1.29, 1.82) is 5.41 Å². The summed E-state index contributed by atoms with van der Waals surface area (Å²) in [5, 5.41) is 21.6. The van der Waals surface area contributed by atoms with Gasteiger partial charge in [-0.2, -0.15) is 18.2 Å². The minimum absolute atomic E-state index is 0.0340. The van der Waals surface area contributed by atoms with Gasteiger partial charge in [-0.1, -0.05) is 11.6 Å². The maximum absolute atomic E-state index is 13.3. The second-order valence-electron chi connectivity index (χ2n) is 6.05. The Labute approximate surface area is 166 Å². The minimum atomic E-state index is -4.23. The second kappa shape index (κ2) is 8.21. The molecule has 0 bridgehead atoms. The molecule has 2 aromatic heterocycles. The van der Waals surface area contributed by atoms with Crippen LogP contribution in [0.5, 0.6) is 0 Å². The summed E-state index contributed by atoms with van der Waals surface area (Å²) in [5.74, 6) is -0.854. The maximum Gasteiger partial charge on any atom is 0.389 e. The van der Waals surface area contributed by atoms with E-state index in [1.54, 1.807) is 0 Å². The molecule has 0 amide bonds. The zero-order valence-electron chi connectivity index (χ0n) is 14.7. The van der Waals surface area contributed by atoms with Crippen LogP contribution < -0.4 is 10.4 Å². The summed E-state index contributed by atoms with van der Waals surface area (Å²) in [4.78, 5) is 11.0. The van der Waals surface area contributed by atoms with Gasteiger partial charge in [-0.15, -0.1) is 0 Å². The van der Waals surface area contributed by atoms with Gasteiger partial charge < -0.3 is 10.3 Å². The van der Waals surface area contributed by atoms with Crippen molar-refractivity contribution in [2.45, 2.75) is 19.0 Å². The largest absolute Gasteiger partial charge is 0.389 e. The third-order valence-electron chi connectivity index (χ3n) is 3.94. The number of aromatic amines is 1. The average molecular weight is 431 g/mol. The van der Waals surface area contributed by atoms with Gasteiger partial charge in [0.15, 0.2) is 11.5 Å². The van der Waals surface area contributed by atoms with E-state index in [1.165, 1.54) is 18.3 Å². The van der Waals surface area contributed by atoms with Crippen molar-refractivity contribution in [3.05, 3.63) is 46.9 Å². The van der Waals surface area contributed by atoms with Crippen LogP contribution in [0.4, 0.5) is 29.2 Å². The number of halogens is 5. The van der Waals surface area contributed by atoms with Crippen LogP contribution in [0.25, 0.3) is 11.2 Å². The Bertz CT molecular complexity index is 1040. The number of hydrogen-bond acceptors (Lipinski definition) is 5. The lowest BCUT2D eigenvalue weighted by molar-refractivity contribution is -0.134. The van der Waals surface area contributed by atoms with Crippen LogP contribution in [0.3, 0.4) is 0 Å². The van der Waals surface area contributed by atoms with Crippen LogP contribution in [0, 0.1) is 11.2 Å². The van der Waals surface area contributed by atoms with Crippen molar-refractivity contribution < 1.29 is 22.8 Å². The van der Waals surface area contributed by atoms with Gasteiger partial charge in [-0.3, -0.25) is 10.6 Å². The van der Waals surface area contributed by atoms with Gasteiger partial charge >= 0.3 is 6.18 Å². The first kappa shape index (κ1) is 20.8. The first-order chi connectivity index (χ1) is 13.7. The molecule has 0 saturated heterocycles. The molecule has 0 aliphatic heterocycles. The SMILES string of the molecule is N=C(c1ccnc2nc(NCCCC(F)(F)F)[nH]c12)N(O)c1ccc(F)c(Cl)c1. The molecular weight excluding hydrogens is 416 g/mol. The van der Waals surface area contributed by atoms with Gasteiger partial charge in [-0.05, 0) is 30.7 Å². The standard InChI is InChI=1S/C17H15ClF4N6O/c18-11-8-9(2-3-12(11)19)28(29)14(23)10-4-7-24-15-13(10)26-16(27-15)25-6-1-5-17(20,21)22/h2-4,7-8,23,29H,1,5-6H2,(H2,24,25,26,27). The molecule has 0 atom stereocenters. The molecule has 0 aliphatic carbocycles. The fraction of sp³-hybridized carbons (Fsp3) is 0.235. The van der Waals surface area contributed by atoms with Gasteiger partial charge in [0.2, 0.25) is 5.95 Å². The molecule has 0 aliphatic rings. The third kappa shape index (κ3) is 4.93. The number of imidazole rings is 1. The van der Waals surface area contributed by atoms with Crippen molar-refractivity contribution in [2.24, 2.45) is 0 Å². The first-order valence-electron chi connectivity index (χ1n) is 8.34. The molecule has 4 N–H and O–H groups in total. The Morgan fingerprint density at radius 1 is 1.31 bits per heavy atom. The predicted octanol–water partition coefficient (Wildman–Crippen LogP) is 4.73. The Hall–Kier alpha value is -2.92. The van der Waals surface area contributed by atoms with Crippen molar-refractivity contribution in [1.82, 2.24) is 15.0 Å². The van der Waals surface area contributed by atoms with E-state index < -0.39 is 18.4 Å². The van der Waals surface area contributed by atoms with Crippen molar-refractivity contribution in [3.8, 4) is 0 Å². The lowest BCUT2D eigenvalue weighted by atomic mass is 10.2. The number of hydrogen-bond donors (Lipinski definition) is 4. The normalized spacial score (nSPS) is 11.7. The second-order valence-corrected chi connectivity index (χ2v) is 6.45. The molecule has 12 heteroatoms. The van der Waals surface area contributed by atoms with Gasteiger partial charge in [0.05, 0.1) is 16.2 Å². The molecule has 2 heterocycles. The van der Waals surface area contributed by atoms with Crippen molar-refractivity contribution in [2.75, 3.05) is 16.9 Å². The molecule has 0 radical (unpaired) electrons. The molecule has 0 spiro atoms. The summed E-state index contributed by atoms with van der Waals surface area (Å²) < 4.78 is 49.9. The molecule has 3 aromatic rings. The van der Waals surface area contributed by atoms with E-state index in [4.69, 9.17) is 17.0 Å². The number of nitrogens with zero attached hydrogens (tertiary/aromatic N) is 3. The Kier molecular flexibility index (Phi) is 5.89. The lowest BCUT2D eigenvalue weighted by Gasteiger charge is -2.18. The maximum atomic E-state index is 13.3. The molecule has 154 valence electrons. The van der Waals surface area contributed by atoms with Crippen LogP contribution >= 0.6 is 11.6 Å². The quantitative estimate of drug-likeness (QED) is 0.149. The van der Waals surface area contributed by atoms with E-state index in [1.807, 2.05) is 0 Å². The molecule has 29 heavy (non-hydrogen) atoms.